The topological polar surface area (TPSA) is 50.1 Å². The van der Waals surface area contributed by atoms with Crippen LogP contribution in [0.1, 0.15) is 50.6 Å². The molecule has 4 heteroatoms. The van der Waals surface area contributed by atoms with Gasteiger partial charge in [-0.1, -0.05) is 13.8 Å². The van der Waals surface area contributed by atoms with Crippen molar-refractivity contribution in [2.24, 2.45) is 0 Å². The van der Waals surface area contributed by atoms with E-state index in [1.54, 1.807) is 0 Å². The lowest BCUT2D eigenvalue weighted by Gasteiger charge is -2.29. The third kappa shape index (κ3) is 4.05. The Bertz CT molecular complexity index is 400. The van der Waals surface area contributed by atoms with Gasteiger partial charge >= 0.3 is 0 Å². The molecule has 4 nitrogen and oxygen atoms in total. The van der Waals surface area contributed by atoms with E-state index in [0.29, 0.717) is 0 Å². The summed E-state index contributed by atoms with van der Waals surface area (Å²) in [6.07, 6.45) is 2.99. The summed E-state index contributed by atoms with van der Waals surface area (Å²) >= 11 is 0. The van der Waals surface area contributed by atoms with E-state index in [4.69, 9.17) is 0 Å². The molecule has 19 heavy (non-hydrogen) atoms. The fraction of sp³-hybridized carbons (Fsp3) is 0.800. The first-order valence-corrected chi connectivity index (χ1v) is 7.36. The molecule has 0 saturated heterocycles. The Morgan fingerprint density at radius 2 is 2.00 bits per heavy atom. The van der Waals surface area contributed by atoms with Gasteiger partial charge in [-0.15, -0.1) is 0 Å². The Kier molecular flexibility index (Phi) is 6.01. The summed E-state index contributed by atoms with van der Waals surface area (Å²) < 4.78 is 2.08. The van der Waals surface area contributed by atoms with Gasteiger partial charge < -0.3 is 10.4 Å². The second-order valence-electron chi connectivity index (χ2n) is 5.62. The molecule has 1 atom stereocenters. The van der Waals surface area contributed by atoms with E-state index < -0.39 is 0 Å². The SMILES string of the molecule is CCCNC(C)(CO)CCn1nc(C)c(CC)c1C. The van der Waals surface area contributed by atoms with Gasteiger partial charge in [0.25, 0.3) is 0 Å². The summed E-state index contributed by atoms with van der Waals surface area (Å²) in [5, 5.41) is 17.6. The molecule has 0 fully saturated rings. The molecule has 0 aliphatic rings. The van der Waals surface area contributed by atoms with E-state index in [1.807, 2.05) is 0 Å². The van der Waals surface area contributed by atoms with Gasteiger partial charge in [0.1, 0.15) is 0 Å². The van der Waals surface area contributed by atoms with Crippen LogP contribution in [0, 0.1) is 13.8 Å². The maximum Gasteiger partial charge on any atom is 0.0628 e. The lowest BCUT2D eigenvalue weighted by atomic mass is 9.98. The Morgan fingerprint density at radius 3 is 2.47 bits per heavy atom. The van der Waals surface area contributed by atoms with Gasteiger partial charge in [-0.25, -0.2) is 0 Å². The van der Waals surface area contributed by atoms with Crippen LogP contribution in [0.5, 0.6) is 0 Å². The van der Waals surface area contributed by atoms with E-state index in [2.05, 4.69) is 49.7 Å². The highest BCUT2D eigenvalue weighted by Crippen LogP contribution is 2.16. The normalized spacial score (nSPS) is 14.6. The second-order valence-corrected chi connectivity index (χ2v) is 5.62. The molecule has 2 N–H and O–H groups in total. The van der Waals surface area contributed by atoms with E-state index in [-0.39, 0.29) is 12.1 Å². The van der Waals surface area contributed by atoms with Gasteiger partial charge in [0.05, 0.1) is 12.3 Å². The number of aromatic nitrogens is 2. The van der Waals surface area contributed by atoms with E-state index in [0.717, 1.165) is 38.0 Å². The molecule has 0 spiro atoms. The molecule has 0 bridgehead atoms. The first kappa shape index (κ1) is 16.2. The highest BCUT2D eigenvalue weighted by molar-refractivity contribution is 5.24. The summed E-state index contributed by atoms with van der Waals surface area (Å²) in [5.74, 6) is 0. The molecule has 0 saturated carbocycles. The van der Waals surface area contributed by atoms with Gasteiger partial charge in [0.2, 0.25) is 0 Å². The van der Waals surface area contributed by atoms with Crippen molar-refractivity contribution in [3.63, 3.8) is 0 Å². The van der Waals surface area contributed by atoms with Crippen molar-refractivity contribution in [3.05, 3.63) is 17.0 Å². The minimum Gasteiger partial charge on any atom is -0.394 e. The number of nitrogens with one attached hydrogen (secondary N) is 1. The Morgan fingerprint density at radius 1 is 1.32 bits per heavy atom. The van der Waals surface area contributed by atoms with Crippen molar-refractivity contribution in [1.82, 2.24) is 15.1 Å². The molecule has 1 rings (SSSR count). The molecule has 0 aliphatic heterocycles. The number of nitrogens with zero attached hydrogens (tertiary/aromatic N) is 2. The number of hydrogen-bond acceptors (Lipinski definition) is 3. The maximum atomic E-state index is 9.57. The van der Waals surface area contributed by atoms with Crippen molar-refractivity contribution >= 4 is 0 Å². The van der Waals surface area contributed by atoms with Gasteiger partial charge in [0.15, 0.2) is 0 Å². The monoisotopic (exact) mass is 267 g/mol. The molecular weight excluding hydrogens is 238 g/mol. The van der Waals surface area contributed by atoms with Crippen molar-refractivity contribution in [1.29, 1.82) is 0 Å². The van der Waals surface area contributed by atoms with Crippen LogP contribution in [0.3, 0.4) is 0 Å². The summed E-state index contributed by atoms with van der Waals surface area (Å²) in [6, 6.07) is 0. The van der Waals surface area contributed by atoms with Crippen LogP contribution in [-0.2, 0) is 13.0 Å². The van der Waals surface area contributed by atoms with Gasteiger partial charge in [0, 0.05) is 17.8 Å². The lowest BCUT2D eigenvalue weighted by molar-refractivity contribution is 0.159. The average molecular weight is 267 g/mol. The smallest absolute Gasteiger partial charge is 0.0628 e. The summed E-state index contributed by atoms with van der Waals surface area (Å²) in [4.78, 5) is 0. The third-order valence-corrected chi connectivity index (χ3v) is 3.91. The largest absolute Gasteiger partial charge is 0.394 e. The molecule has 0 radical (unpaired) electrons. The molecule has 1 aromatic heterocycles. The number of aryl methyl sites for hydroxylation is 2. The lowest BCUT2D eigenvalue weighted by Crippen LogP contribution is -2.46. The van der Waals surface area contributed by atoms with Crippen LogP contribution in [0.4, 0.5) is 0 Å². The van der Waals surface area contributed by atoms with E-state index in [1.165, 1.54) is 11.3 Å². The first-order valence-electron chi connectivity index (χ1n) is 7.36. The molecule has 0 amide bonds. The number of aliphatic hydroxyl groups excluding tert-OH is 1. The first-order chi connectivity index (χ1) is 8.97. The molecule has 1 aromatic rings. The van der Waals surface area contributed by atoms with Crippen LogP contribution in [-0.4, -0.2) is 33.6 Å². The maximum absolute atomic E-state index is 9.57. The predicted molar refractivity (Wildman–Crippen MR) is 79.5 cm³/mol. The Labute approximate surface area is 117 Å². The molecule has 1 unspecified atom stereocenters. The summed E-state index contributed by atoms with van der Waals surface area (Å²) in [6.45, 7) is 12.5. The second kappa shape index (κ2) is 7.06. The van der Waals surface area contributed by atoms with Gasteiger partial charge in [-0.2, -0.15) is 5.10 Å². The zero-order valence-corrected chi connectivity index (χ0v) is 13.1. The zero-order valence-electron chi connectivity index (χ0n) is 13.1. The summed E-state index contributed by atoms with van der Waals surface area (Å²) in [5.41, 5.74) is 3.53. The van der Waals surface area contributed by atoms with E-state index >= 15 is 0 Å². The molecule has 0 aliphatic carbocycles. The number of hydrogen-bond donors (Lipinski definition) is 2. The quantitative estimate of drug-likeness (QED) is 0.759. The molecule has 0 aromatic carbocycles. The van der Waals surface area contributed by atoms with Crippen LogP contribution < -0.4 is 5.32 Å². The molecule has 1 heterocycles. The van der Waals surface area contributed by atoms with Crippen LogP contribution in [0.2, 0.25) is 0 Å². The van der Waals surface area contributed by atoms with Crippen molar-refractivity contribution in [3.8, 4) is 0 Å². The van der Waals surface area contributed by atoms with Crippen molar-refractivity contribution < 1.29 is 5.11 Å². The minimum absolute atomic E-state index is 0.160. The fourth-order valence-corrected chi connectivity index (χ4v) is 2.47. The Hall–Kier alpha value is -0.870. The molecular formula is C15H29N3O. The predicted octanol–water partition coefficient (Wildman–Crippen LogP) is 2.20. The number of rotatable bonds is 8. The van der Waals surface area contributed by atoms with Gasteiger partial charge in [-0.05, 0) is 52.1 Å². The highest BCUT2D eigenvalue weighted by atomic mass is 16.3. The van der Waals surface area contributed by atoms with Gasteiger partial charge in [-0.3, -0.25) is 4.68 Å². The third-order valence-electron chi connectivity index (χ3n) is 3.91. The minimum atomic E-state index is -0.214. The summed E-state index contributed by atoms with van der Waals surface area (Å²) in [7, 11) is 0. The highest BCUT2D eigenvalue weighted by Gasteiger charge is 2.22. The number of aliphatic hydroxyl groups is 1. The van der Waals surface area contributed by atoms with Crippen LogP contribution in [0.25, 0.3) is 0 Å². The van der Waals surface area contributed by atoms with Crippen molar-refractivity contribution in [2.45, 2.75) is 66.0 Å². The average Bonchev–Trinajstić information content (AvgIpc) is 2.68. The molecule has 110 valence electrons. The van der Waals surface area contributed by atoms with Crippen molar-refractivity contribution in [2.75, 3.05) is 13.2 Å². The van der Waals surface area contributed by atoms with E-state index in [9.17, 15) is 5.11 Å². The standard InChI is InChI=1S/C15H29N3O/c1-6-9-16-15(5,11-19)8-10-18-13(4)14(7-2)12(3)17-18/h16,19H,6-11H2,1-5H3. The van der Waals surface area contributed by atoms with Crippen LogP contribution in [0.15, 0.2) is 0 Å². The fourth-order valence-electron chi connectivity index (χ4n) is 2.47. The zero-order chi connectivity index (χ0) is 14.5. The Balaban J connectivity index is 2.69. The van der Waals surface area contributed by atoms with Crippen LogP contribution >= 0.6 is 0 Å².